The summed E-state index contributed by atoms with van der Waals surface area (Å²) in [5.74, 6) is -1.46. The number of halogens is 5. The third-order valence-corrected chi connectivity index (χ3v) is 7.60. The highest BCUT2D eigenvalue weighted by Crippen LogP contribution is 2.40. The maximum Gasteiger partial charge on any atom is 0.416 e. The summed E-state index contributed by atoms with van der Waals surface area (Å²) in [7, 11) is -4.50. The van der Waals surface area contributed by atoms with E-state index in [-0.39, 0.29) is 12.8 Å². The average molecular weight is 434 g/mol. The van der Waals surface area contributed by atoms with Gasteiger partial charge in [0.2, 0.25) is 20.8 Å². The number of sulfone groups is 1. The SMILES string of the molecule is CC(F)(C1CCN(c2ccc(F)nc2)CC1)S(=O)(=O)c1ccc(C(F)(F)F)cc1. The van der Waals surface area contributed by atoms with Crippen LogP contribution in [0.5, 0.6) is 0 Å². The maximum absolute atomic E-state index is 15.5. The summed E-state index contributed by atoms with van der Waals surface area (Å²) in [6, 6.07) is 5.58. The fourth-order valence-electron chi connectivity index (χ4n) is 3.48. The lowest BCUT2D eigenvalue weighted by Gasteiger charge is -2.38. The van der Waals surface area contributed by atoms with E-state index in [2.05, 4.69) is 4.98 Å². The highest BCUT2D eigenvalue weighted by atomic mass is 32.2. The molecular weight excluding hydrogens is 415 g/mol. The van der Waals surface area contributed by atoms with Gasteiger partial charge in [0.1, 0.15) is 0 Å². The molecule has 1 aliphatic heterocycles. The van der Waals surface area contributed by atoms with Crippen LogP contribution in [0.3, 0.4) is 0 Å². The molecule has 29 heavy (non-hydrogen) atoms. The van der Waals surface area contributed by atoms with Gasteiger partial charge in [-0.25, -0.2) is 17.8 Å². The zero-order valence-electron chi connectivity index (χ0n) is 15.5. The van der Waals surface area contributed by atoms with Crippen molar-refractivity contribution in [2.45, 2.75) is 35.8 Å². The topological polar surface area (TPSA) is 50.3 Å². The molecule has 3 rings (SSSR count). The Labute approximate surface area is 165 Å². The first-order valence-corrected chi connectivity index (χ1v) is 10.4. The zero-order valence-corrected chi connectivity index (χ0v) is 16.3. The van der Waals surface area contributed by atoms with Gasteiger partial charge in [-0.2, -0.15) is 17.6 Å². The van der Waals surface area contributed by atoms with Crippen molar-refractivity contribution >= 4 is 15.5 Å². The van der Waals surface area contributed by atoms with Crippen molar-refractivity contribution in [2.75, 3.05) is 18.0 Å². The van der Waals surface area contributed by atoms with Crippen molar-refractivity contribution in [1.82, 2.24) is 4.98 Å². The lowest BCUT2D eigenvalue weighted by Crippen LogP contribution is -2.45. The van der Waals surface area contributed by atoms with Gasteiger partial charge in [0.15, 0.2) is 0 Å². The van der Waals surface area contributed by atoms with Crippen molar-refractivity contribution in [2.24, 2.45) is 5.92 Å². The van der Waals surface area contributed by atoms with Crippen LogP contribution in [0.2, 0.25) is 0 Å². The quantitative estimate of drug-likeness (QED) is 0.521. The molecule has 1 unspecified atom stereocenters. The number of piperidine rings is 1. The Bertz CT molecular complexity index is 950. The fourth-order valence-corrected chi connectivity index (χ4v) is 5.11. The Kier molecular flexibility index (Phi) is 5.59. The Morgan fingerprint density at radius 1 is 1.00 bits per heavy atom. The molecule has 1 fully saturated rings. The number of hydrogen-bond donors (Lipinski definition) is 0. The van der Waals surface area contributed by atoms with Crippen molar-refractivity contribution in [3.8, 4) is 0 Å². The van der Waals surface area contributed by atoms with Crippen LogP contribution in [-0.2, 0) is 16.0 Å². The number of alkyl halides is 4. The van der Waals surface area contributed by atoms with Gasteiger partial charge in [0.25, 0.3) is 0 Å². The molecule has 10 heteroatoms. The van der Waals surface area contributed by atoms with Crippen molar-refractivity contribution in [3.63, 3.8) is 0 Å². The van der Waals surface area contributed by atoms with Crippen LogP contribution in [0.15, 0.2) is 47.5 Å². The van der Waals surface area contributed by atoms with Crippen LogP contribution in [0.4, 0.5) is 27.6 Å². The number of aromatic nitrogens is 1. The van der Waals surface area contributed by atoms with Gasteiger partial charge in [-0.1, -0.05) is 0 Å². The zero-order chi connectivity index (χ0) is 21.4. The van der Waals surface area contributed by atoms with Gasteiger partial charge in [-0.05, 0) is 56.2 Å². The molecule has 0 amide bonds. The van der Waals surface area contributed by atoms with Gasteiger partial charge in [-0.15, -0.1) is 0 Å². The molecule has 1 aromatic carbocycles. The predicted molar refractivity (Wildman–Crippen MR) is 97.3 cm³/mol. The monoisotopic (exact) mass is 434 g/mol. The molecule has 1 aromatic heterocycles. The molecule has 0 spiro atoms. The molecule has 4 nitrogen and oxygen atoms in total. The molecule has 1 aliphatic rings. The average Bonchev–Trinajstić information content (AvgIpc) is 2.68. The number of nitrogens with zero attached hydrogens (tertiary/aromatic N) is 2. The van der Waals surface area contributed by atoms with Crippen molar-refractivity contribution in [3.05, 3.63) is 54.1 Å². The Morgan fingerprint density at radius 3 is 2.07 bits per heavy atom. The van der Waals surface area contributed by atoms with E-state index in [0.717, 1.165) is 19.1 Å². The molecule has 158 valence electrons. The molecule has 1 saturated heterocycles. The first kappa shape index (κ1) is 21.5. The summed E-state index contributed by atoms with van der Waals surface area (Å²) >= 11 is 0. The lowest BCUT2D eigenvalue weighted by molar-refractivity contribution is -0.137. The highest BCUT2D eigenvalue weighted by Gasteiger charge is 2.48. The Hall–Kier alpha value is -2.23. The number of benzene rings is 1. The van der Waals surface area contributed by atoms with Gasteiger partial charge in [0, 0.05) is 19.0 Å². The number of pyridine rings is 1. The van der Waals surface area contributed by atoms with Gasteiger partial charge in [0.05, 0.1) is 22.3 Å². The van der Waals surface area contributed by atoms with Crippen LogP contribution < -0.4 is 4.90 Å². The van der Waals surface area contributed by atoms with E-state index < -0.39 is 43.3 Å². The number of anilines is 1. The second-order valence-corrected chi connectivity index (χ2v) is 9.39. The summed E-state index contributed by atoms with van der Waals surface area (Å²) in [5.41, 5.74) is -0.353. The number of hydrogen-bond acceptors (Lipinski definition) is 4. The molecule has 0 radical (unpaired) electrons. The standard InChI is InChI=1S/C19H19F5N2O2S/c1-18(21,29(27,28)16-5-2-14(3-6-16)19(22,23)24)13-8-10-26(11-9-13)15-4-7-17(20)25-12-15/h2-7,12-13H,8-11H2,1H3. The van der Waals surface area contributed by atoms with Crippen LogP contribution in [0, 0.1) is 11.9 Å². The fraction of sp³-hybridized carbons (Fsp3) is 0.421. The molecule has 2 heterocycles. The summed E-state index contributed by atoms with van der Waals surface area (Å²) in [6.45, 7) is 1.65. The van der Waals surface area contributed by atoms with Crippen LogP contribution in [0.1, 0.15) is 25.3 Å². The van der Waals surface area contributed by atoms with E-state index in [1.807, 2.05) is 4.90 Å². The predicted octanol–water partition coefficient (Wildman–Crippen LogP) is 4.62. The minimum atomic E-state index is -4.61. The summed E-state index contributed by atoms with van der Waals surface area (Å²) in [6.07, 6.45) is -2.83. The summed E-state index contributed by atoms with van der Waals surface area (Å²) in [5, 5.41) is -2.64. The van der Waals surface area contributed by atoms with Crippen LogP contribution in [-0.4, -0.2) is 31.5 Å². The molecular formula is C19H19F5N2O2S. The second-order valence-electron chi connectivity index (χ2n) is 7.11. The second kappa shape index (κ2) is 7.55. The van der Waals surface area contributed by atoms with E-state index in [1.54, 1.807) is 0 Å². The minimum Gasteiger partial charge on any atom is -0.370 e. The maximum atomic E-state index is 15.5. The van der Waals surface area contributed by atoms with E-state index in [9.17, 15) is 26.0 Å². The minimum absolute atomic E-state index is 0.213. The Morgan fingerprint density at radius 2 is 1.59 bits per heavy atom. The van der Waals surface area contributed by atoms with E-state index in [1.165, 1.54) is 18.3 Å². The first-order chi connectivity index (χ1) is 13.4. The Balaban J connectivity index is 1.75. The van der Waals surface area contributed by atoms with Crippen molar-refractivity contribution < 1.29 is 30.4 Å². The van der Waals surface area contributed by atoms with Crippen molar-refractivity contribution in [1.29, 1.82) is 0 Å². The van der Waals surface area contributed by atoms with E-state index in [0.29, 0.717) is 30.9 Å². The number of rotatable bonds is 4. The molecule has 0 saturated carbocycles. The highest BCUT2D eigenvalue weighted by molar-refractivity contribution is 7.92. The largest absolute Gasteiger partial charge is 0.416 e. The third kappa shape index (κ3) is 4.22. The van der Waals surface area contributed by atoms with Gasteiger partial charge >= 0.3 is 6.18 Å². The van der Waals surface area contributed by atoms with Crippen LogP contribution in [0.25, 0.3) is 0 Å². The molecule has 0 N–H and O–H groups in total. The van der Waals surface area contributed by atoms with Gasteiger partial charge in [-0.3, -0.25) is 0 Å². The lowest BCUT2D eigenvalue weighted by atomic mass is 9.92. The molecule has 2 aromatic rings. The van der Waals surface area contributed by atoms with E-state index in [4.69, 9.17) is 0 Å². The third-order valence-electron chi connectivity index (χ3n) is 5.32. The smallest absolute Gasteiger partial charge is 0.370 e. The molecule has 1 atom stereocenters. The normalized spacial score (nSPS) is 18.5. The molecule has 0 aliphatic carbocycles. The van der Waals surface area contributed by atoms with Crippen LogP contribution >= 0.6 is 0 Å². The summed E-state index contributed by atoms with van der Waals surface area (Å²) in [4.78, 5) is 4.93. The van der Waals surface area contributed by atoms with Gasteiger partial charge < -0.3 is 4.90 Å². The molecule has 0 bridgehead atoms. The van der Waals surface area contributed by atoms with E-state index >= 15 is 4.39 Å². The first-order valence-electron chi connectivity index (χ1n) is 8.90. The summed E-state index contributed by atoms with van der Waals surface area (Å²) < 4.78 is 92.0.